The maximum atomic E-state index is 12.9. The third kappa shape index (κ3) is 3.64. The zero-order valence-corrected chi connectivity index (χ0v) is 20.7. The van der Waals surface area contributed by atoms with E-state index in [4.69, 9.17) is 23.7 Å². The summed E-state index contributed by atoms with van der Waals surface area (Å²) in [4.78, 5) is 25.3. The molecule has 1 amide bonds. The highest BCUT2D eigenvalue weighted by Crippen LogP contribution is 2.69. The monoisotopic (exact) mass is 477 g/mol. The number of rotatable bonds is 7. The van der Waals surface area contributed by atoms with Gasteiger partial charge in [0.25, 0.3) is 0 Å². The van der Waals surface area contributed by atoms with Gasteiger partial charge in [0.05, 0.1) is 24.4 Å². The molecule has 190 valence electrons. The van der Waals surface area contributed by atoms with Gasteiger partial charge in [0.15, 0.2) is 5.78 Å². The molecule has 8 atom stereocenters. The van der Waals surface area contributed by atoms with Crippen molar-refractivity contribution in [1.82, 2.24) is 5.32 Å². The Hall–Kier alpha value is -1.48. The van der Waals surface area contributed by atoms with Crippen LogP contribution in [0.25, 0.3) is 0 Å². The van der Waals surface area contributed by atoms with E-state index in [9.17, 15) is 9.59 Å². The molecule has 5 rings (SSSR count). The highest BCUT2D eigenvalue weighted by Gasteiger charge is 2.74. The average Bonchev–Trinajstić information content (AvgIpc) is 3.06. The van der Waals surface area contributed by atoms with Crippen LogP contribution >= 0.6 is 0 Å². The number of fused-ring (bicyclic) bond motifs is 9. The molecular formula is C26H39NO7. The van der Waals surface area contributed by atoms with Crippen LogP contribution in [0.3, 0.4) is 0 Å². The molecule has 0 aromatic rings. The van der Waals surface area contributed by atoms with Crippen molar-refractivity contribution < 1.29 is 33.3 Å². The molecule has 5 aliphatic rings. The van der Waals surface area contributed by atoms with Crippen molar-refractivity contribution in [1.29, 1.82) is 0 Å². The summed E-state index contributed by atoms with van der Waals surface area (Å²) in [6, 6.07) is 0. The maximum Gasteiger partial charge on any atom is 0.407 e. The van der Waals surface area contributed by atoms with Crippen LogP contribution in [0, 0.1) is 29.6 Å². The van der Waals surface area contributed by atoms with Crippen molar-refractivity contribution in [2.75, 3.05) is 34.9 Å². The van der Waals surface area contributed by atoms with E-state index >= 15 is 0 Å². The van der Waals surface area contributed by atoms with E-state index in [1.807, 2.05) is 6.08 Å². The molecule has 0 aromatic heterocycles. The molecule has 0 radical (unpaired) electrons. The van der Waals surface area contributed by atoms with Gasteiger partial charge in [0, 0.05) is 32.5 Å². The van der Waals surface area contributed by atoms with Gasteiger partial charge in [-0.3, -0.25) is 4.79 Å². The number of hydrogen-bond acceptors (Lipinski definition) is 7. The van der Waals surface area contributed by atoms with Crippen LogP contribution in [0.1, 0.15) is 57.8 Å². The first-order valence-electron chi connectivity index (χ1n) is 12.8. The van der Waals surface area contributed by atoms with Crippen LogP contribution in [-0.2, 0) is 28.5 Å². The van der Waals surface area contributed by atoms with E-state index < -0.39 is 11.1 Å². The SMILES string of the molecule is COCO[C@@H]1C[C@H]2[C@@]3(OCOC)C[C@H](CC4=CC(=O)CC[C@H]43)[C@@]2(NC(=O)OC)[C@@H]2CCCC[C@H]21. The first-order chi connectivity index (χ1) is 16.5. The summed E-state index contributed by atoms with van der Waals surface area (Å²) in [5.41, 5.74) is 0.217. The number of carbonyl (C=O) groups is 2. The van der Waals surface area contributed by atoms with Gasteiger partial charge in [-0.25, -0.2) is 4.79 Å². The van der Waals surface area contributed by atoms with Crippen LogP contribution in [0.4, 0.5) is 4.79 Å². The smallest absolute Gasteiger partial charge is 0.407 e. The van der Waals surface area contributed by atoms with Crippen molar-refractivity contribution in [3.8, 4) is 0 Å². The number of nitrogens with one attached hydrogen (secondary N) is 1. The first-order valence-corrected chi connectivity index (χ1v) is 12.8. The van der Waals surface area contributed by atoms with Gasteiger partial charge in [0.2, 0.25) is 0 Å². The summed E-state index contributed by atoms with van der Waals surface area (Å²) >= 11 is 0. The molecule has 2 bridgehead atoms. The Morgan fingerprint density at radius 3 is 2.68 bits per heavy atom. The van der Waals surface area contributed by atoms with Crippen molar-refractivity contribution in [2.24, 2.45) is 29.6 Å². The van der Waals surface area contributed by atoms with E-state index in [2.05, 4.69) is 5.32 Å². The Balaban J connectivity index is 1.65. The molecule has 1 N–H and O–H groups in total. The van der Waals surface area contributed by atoms with Crippen LogP contribution in [0.15, 0.2) is 11.6 Å². The summed E-state index contributed by atoms with van der Waals surface area (Å²) in [5.74, 6) is 1.15. The average molecular weight is 478 g/mol. The predicted molar refractivity (Wildman–Crippen MR) is 123 cm³/mol. The lowest BCUT2D eigenvalue weighted by molar-refractivity contribution is -0.208. The second kappa shape index (κ2) is 9.52. The second-order valence-corrected chi connectivity index (χ2v) is 10.9. The lowest BCUT2D eigenvalue weighted by Crippen LogP contribution is -2.68. The molecule has 8 nitrogen and oxygen atoms in total. The molecule has 4 fully saturated rings. The molecule has 0 aromatic carbocycles. The van der Waals surface area contributed by atoms with Crippen LogP contribution in [0.2, 0.25) is 0 Å². The number of methoxy groups -OCH3 is 3. The second-order valence-electron chi connectivity index (χ2n) is 10.9. The van der Waals surface area contributed by atoms with E-state index in [1.54, 1.807) is 14.2 Å². The van der Waals surface area contributed by atoms with E-state index in [1.165, 1.54) is 19.1 Å². The molecule has 0 heterocycles. The number of carbonyl (C=O) groups excluding carboxylic acids is 2. The minimum Gasteiger partial charge on any atom is -0.453 e. The summed E-state index contributed by atoms with van der Waals surface area (Å²) in [6.07, 6.45) is 9.74. The van der Waals surface area contributed by atoms with Crippen molar-refractivity contribution in [2.45, 2.75) is 75.0 Å². The highest BCUT2D eigenvalue weighted by atomic mass is 16.7. The zero-order valence-electron chi connectivity index (χ0n) is 20.7. The molecule has 5 aliphatic carbocycles. The fraction of sp³-hybridized carbons (Fsp3) is 0.846. The fourth-order valence-electron chi connectivity index (χ4n) is 8.75. The first kappa shape index (κ1) is 24.2. The van der Waals surface area contributed by atoms with E-state index in [0.717, 1.165) is 44.9 Å². The third-order valence-electron chi connectivity index (χ3n) is 9.68. The van der Waals surface area contributed by atoms with Crippen LogP contribution < -0.4 is 5.32 Å². The Morgan fingerprint density at radius 2 is 1.91 bits per heavy atom. The summed E-state index contributed by atoms with van der Waals surface area (Å²) in [7, 11) is 4.74. The number of amides is 1. The van der Waals surface area contributed by atoms with Gasteiger partial charge < -0.3 is 29.0 Å². The number of ketones is 1. The topological polar surface area (TPSA) is 92.3 Å². The largest absolute Gasteiger partial charge is 0.453 e. The minimum absolute atomic E-state index is 0.0320. The van der Waals surface area contributed by atoms with Gasteiger partial charge in [-0.2, -0.15) is 0 Å². The summed E-state index contributed by atoms with van der Waals surface area (Å²) in [6.45, 7) is 0.448. The van der Waals surface area contributed by atoms with E-state index in [0.29, 0.717) is 12.3 Å². The molecule has 8 heteroatoms. The van der Waals surface area contributed by atoms with Crippen LogP contribution in [0.5, 0.6) is 0 Å². The standard InChI is InChI=1S/C26H39NO7/c1-30-14-33-22-12-23-25(34-15-31-2)13-17(10-16-11-18(28)8-9-20(16)25)26(23,27-24(29)32-3)21-7-5-4-6-19(21)22/h11,17,19-23H,4-10,12-15H2,1-3H3,(H,27,29)/t17-,19+,20+,21+,22+,23-,25+,26+/m0/s1. The number of hydrogen-bond donors (Lipinski definition) is 1. The number of alkyl carbamates (subject to hydrolysis) is 1. The molecule has 34 heavy (non-hydrogen) atoms. The Morgan fingerprint density at radius 1 is 1.12 bits per heavy atom. The van der Waals surface area contributed by atoms with Gasteiger partial charge in [-0.1, -0.05) is 18.4 Å². The molecule has 0 saturated heterocycles. The van der Waals surface area contributed by atoms with Gasteiger partial charge in [-0.05, 0) is 62.4 Å². The summed E-state index contributed by atoms with van der Waals surface area (Å²) in [5, 5.41) is 3.43. The Kier molecular flexibility index (Phi) is 6.79. The number of ether oxygens (including phenoxy) is 5. The molecule has 0 unspecified atom stereocenters. The Labute approximate surface area is 202 Å². The lowest BCUT2D eigenvalue weighted by atomic mass is 9.54. The van der Waals surface area contributed by atoms with Crippen molar-refractivity contribution >= 4 is 11.9 Å². The molecule has 0 aliphatic heterocycles. The van der Waals surface area contributed by atoms with Gasteiger partial charge in [-0.15, -0.1) is 0 Å². The normalized spacial score (nSPS) is 42.8. The lowest BCUT2D eigenvalue weighted by Gasteiger charge is -2.58. The summed E-state index contributed by atoms with van der Waals surface area (Å²) < 4.78 is 28.9. The van der Waals surface area contributed by atoms with Gasteiger partial charge in [0.1, 0.15) is 13.6 Å². The molecular weight excluding hydrogens is 438 g/mol. The highest BCUT2D eigenvalue weighted by molar-refractivity contribution is 5.91. The maximum absolute atomic E-state index is 12.9. The quantitative estimate of drug-likeness (QED) is 0.560. The minimum atomic E-state index is -0.510. The molecule has 0 spiro atoms. The van der Waals surface area contributed by atoms with E-state index in [-0.39, 0.29) is 55.2 Å². The van der Waals surface area contributed by atoms with Crippen LogP contribution in [-0.4, -0.2) is 64.0 Å². The Bertz CT molecular complexity index is 830. The third-order valence-corrected chi connectivity index (χ3v) is 9.68. The van der Waals surface area contributed by atoms with Gasteiger partial charge >= 0.3 is 6.09 Å². The molecule has 4 saturated carbocycles. The fourth-order valence-corrected chi connectivity index (χ4v) is 8.75. The van der Waals surface area contributed by atoms with Crippen molar-refractivity contribution in [3.05, 3.63) is 11.6 Å². The zero-order chi connectivity index (χ0) is 23.9. The number of allylic oxidation sites excluding steroid dienone is 1. The van der Waals surface area contributed by atoms with Crippen molar-refractivity contribution in [3.63, 3.8) is 0 Å². The predicted octanol–water partition coefficient (Wildman–Crippen LogP) is 3.59.